The summed E-state index contributed by atoms with van der Waals surface area (Å²) < 4.78 is 11.0. The number of aromatic nitrogens is 1. The van der Waals surface area contributed by atoms with Crippen LogP contribution in [0.1, 0.15) is 30.0 Å². The van der Waals surface area contributed by atoms with Gasteiger partial charge in [0.1, 0.15) is 18.1 Å². The third kappa shape index (κ3) is 3.48. The first kappa shape index (κ1) is 14.3. The molecule has 0 aliphatic rings. The lowest BCUT2D eigenvalue weighted by atomic mass is 10.1. The highest BCUT2D eigenvalue weighted by atomic mass is 16.5. The number of hydrogen-bond acceptors (Lipinski definition) is 4. The average Bonchev–Trinajstić information content (AvgIpc) is 2.44. The molecule has 1 unspecified atom stereocenters. The zero-order valence-electron chi connectivity index (χ0n) is 12.0. The Morgan fingerprint density at radius 1 is 1.25 bits per heavy atom. The van der Waals surface area contributed by atoms with Crippen molar-refractivity contribution in [1.82, 2.24) is 4.98 Å². The fourth-order valence-corrected chi connectivity index (χ4v) is 1.94. The second-order valence-corrected chi connectivity index (χ2v) is 4.64. The van der Waals surface area contributed by atoms with Crippen molar-refractivity contribution in [2.75, 3.05) is 7.11 Å². The molecule has 1 aromatic heterocycles. The molecule has 4 heteroatoms. The molecule has 0 aliphatic carbocycles. The van der Waals surface area contributed by atoms with E-state index < -0.39 is 6.10 Å². The number of benzene rings is 1. The van der Waals surface area contributed by atoms with Gasteiger partial charge in [-0.15, -0.1) is 0 Å². The molecule has 0 spiro atoms. The molecule has 1 heterocycles. The predicted octanol–water partition coefficient (Wildman–Crippen LogP) is 3.03. The molecule has 0 amide bonds. The first-order valence-corrected chi connectivity index (χ1v) is 6.51. The van der Waals surface area contributed by atoms with Crippen molar-refractivity contribution in [2.45, 2.75) is 26.6 Å². The summed E-state index contributed by atoms with van der Waals surface area (Å²) in [4.78, 5) is 4.39. The summed E-state index contributed by atoms with van der Waals surface area (Å²) in [6.07, 6.45) is -0.596. The van der Waals surface area contributed by atoms with Crippen LogP contribution in [0, 0.1) is 6.92 Å². The number of ether oxygens (including phenoxy) is 2. The lowest BCUT2D eigenvalue weighted by Crippen LogP contribution is -2.03. The molecule has 0 saturated carbocycles. The highest BCUT2D eigenvalue weighted by Gasteiger charge is 2.11. The zero-order chi connectivity index (χ0) is 14.5. The molecule has 0 fully saturated rings. The predicted molar refractivity (Wildman–Crippen MR) is 76.9 cm³/mol. The molecular weight excluding hydrogens is 254 g/mol. The van der Waals surface area contributed by atoms with Gasteiger partial charge in [0.15, 0.2) is 0 Å². The van der Waals surface area contributed by atoms with Crippen molar-refractivity contribution in [3.63, 3.8) is 0 Å². The third-order valence-corrected chi connectivity index (χ3v) is 2.99. The summed E-state index contributed by atoms with van der Waals surface area (Å²) in [6, 6.07) is 11.2. The normalized spacial score (nSPS) is 12.0. The maximum Gasteiger partial charge on any atom is 0.130 e. The maximum absolute atomic E-state index is 9.77. The van der Waals surface area contributed by atoms with Crippen molar-refractivity contribution in [2.24, 2.45) is 0 Å². The number of hydrogen-bond donors (Lipinski definition) is 1. The summed E-state index contributed by atoms with van der Waals surface area (Å²) in [6.45, 7) is 4.00. The molecule has 20 heavy (non-hydrogen) atoms. The minimum absolute atomic E-state index is 0.356. The molecule has 1 atom stereocenters. The van der Waals surface area contributed by atoms with Crippen molar-refractivity contribution in [3.05, 3.63) is 53.3 Å². The second-order valence-electron chi connectivity index (χ2n) is 4.64. The van der Waals surface area contributed by atoms with Gasteiger partial charge in [-0.25, -0.2) is 0 Å². The maximum atomic E-state index is 9.77. The van der Waals surface area contributed by atoms with Gasteiger partial charge in [-0.05, 0) is 38.1 Å². The van der Waals surface area contributed by atoms with E-state index in [4.69, 9.17) is 9.47 Å². The topological polar surface area (TPSA) is 51.6 Å². The van der Waals surface area contributed by atoms with Crippen molar-refractivity contribution < 1.29 is 14.6 Å². The standard InChI is InChI=1S/C16H19NO3/c1-11-5-4-6-13(17-11)10-20-16-9-14(19-3)7-8-15(16)12(2)18/h4-9,12,18H,10H2,1-3H3. The first-order valence-electron chi connectivity index (χ1n) is 6.51. The van der Waals surface area contributed by atoms with E-state index >= 15 is 0 Å². The molecule has 0 saturated heterocycles. The van der Waals surface area contributed by atoms with Crippen molar-refractivity contribution >= 4 is 0 Å². The van der Waals surface area contributed by atoms with Crippen LogP contribution in [0.4, 0.5) is 0 Å². The Hall–Kier alpha value is -2.07. The fraction of sp³-hybridized carbons (Fsp3) is 0.312. The first-order chi connectivity index (χ1) is 9.60. The number of rotatable bonds is 5. The largest absolute Gasteiger partial charge is 0.497 e. The molecule has 0 bridgehead atoms. The Morgan fingerprint density at radius 3 is 2.70 bits per heavy atom. The minimum Gasteiger partial charge on any atom is -0.497 e. The number of aliphatic hydroxyl groups is 1. The molecule has 1 N–H and O–H groups in total. The smallest absolute Gasteiger partial charge is 0.130 e. The van der Waals surface area contributed by atoms with Gasteiger partial charge in [0.25, 0.3) is 0 Å². The van der Waals surface area contributed by atoms with E-state index in [-0.39, 0.29) is 0 Å². The molecular formula is C16H19NO3. The summed E-state index contributed by atoms with van der Waals surface area (Å²) in [5, 5.41) is 9.77. The van der Waals surface area contributed by atoms with E-state index in [9.17, 15) is 5.11 Å². The van der Waals surface area contributed by atoms with Crippen LogP contribution < -0.4 is 9.47 Å². The second kappa shape index (κ2) is 6.39. The van der Waals surface area contributed by atoms with Crippen LogP contribution >= 0.6 is 0 Å². The lowest BCUT2D eigenvalue weighted by Gasteiger charge is -2.14. The van der Waals surface area contributed by atoms with Gasteiger partial charge in [-0.3, -0.25) is 4.98 Å². The van der Waals surface area contributed by atoms with Gasteiger partial charge >= 0.3 is 0 Å². The van der Waals surface area contributed by atoms with Crippen LogP contribution in [0.2, 0.25) is 0 Å². The van der Waals surface area contributed by atoms with Gasteiger partial charge in [0.05, 0.1) is 18.9 Å². The Balaban J connectivity index is 2.19. The average molecular weight is 273 g/mol. The summed E-state index contributed by atoms with van der Waals surface area (Å²) >= 11 is 0. The Bertz CT molecular complexity index is 582. The van der Waals surface area contributed by atoms with Gasteiger partial charge in [-0.1, -0.05) is 6.07 Å². The van der Waals surface area contributed by atoms with E-state index in [1.807, 2.05) is 31.2 Å². The van der Waals surface area contributed by atoms with Gasteiger partial charge in [0.2, 0.25) is 0 Å². The van der Waals surface area contributed by atoms with E-state index in [1.165, 1.54) is 0 Å². The zero-order valence-corrected chi connectivity index (χ0v) is 12.0. The van der Waals surface area contributed by atoms with Crippen LogP contribution in [0.25, 0.3) is 0 Å². The van der Waals surface area contributed by atoms with E-state index in [0.717, 1.165) is 17.0 Å². The van der Waals surface area contributed by atoms with Crippen LogP contribution in [0.15, 0.2) is 36.4 Å². The van der Waals surface area contributed by atoms with E-state index in [0.29, 0.717) is 18.1 Å². The van der Waals surface area contributed by atoms with Crippen LogP contribution in [0.3, 0.4) is 0 Å². The van der Waals surface area contributed by atoms with Crippen LogP contribution in [0.5, 0.6) is 11.5 Å². The summed E-state index contributed by atoms with van der Waals surface area (Å²) in [7, 11) is 1.60. The third-order valence-electron chi connectivity index (χ3n) is 2.99. The van der Waals surface area contributed by atoms with Gasteiger partial charge in [-0.2, -0.15) is 0 Å². The van der Waals surface area contributed by atoms with Crippen molar-refractivity contribution in [1.29, 1.82) is 0 Å². The molecule has 106 valence electrons. The van der Waals surface area contributed by atoms with Crippen LogP contribution in [-0.2, 0) is 6.61 Å². The molecule has 2 aromatic rings. The highest BCUT2D eigenvalue weighted by Crippen LogP contribution is 2.30. The van der Waals surface area contributed by atoms with Crippen molar-refractivity contribution in [3.8, 4) is 11.5 Å². The Labute approximate surface area is 119 Å². The Kier molecular flexibility index (Phi) is 4.58. The minimum atomic E-state index is -0.596. The lowest BCUT2D eigenvalue weighted by molar-refractivity contribution is 0.189. The van der Waals surface area contributed by atoms with Gasteiger partial charge in [0, 0.05) is 17.3 Å². The molecule has 2 rings (SSSR count). The van der Waals surface area contributed by atoms with E-state index in [1.54, 1.807) is 26.2 Å². The number of nitrogens with zero attached hydrogens (tertiary/aromatic N) is 1. The highest BCUT2D eigenvalue weighted by molar-refractivity contribution is 5.41. The van der Waals surface area contributed by atoms with E-state index in [2.05, 4.69) is 4.98 Å². The Morgan fingerprint density at radius 2 is 2.05 bits per heavy atom. The molecule has 1 aromatic carbocycles. The number of methoxy groups -OCH3 is 1. The monoisotopic (exact) mass is 273 g/mol. The quantitative estimate of drug-likeness (QED) is 0.909. The number of aryl methyl sites for hydroxylation is 1. The summed E-state index contributed by atoms with van der Waals surface area (Å²) in [5.74, 6) is 1.31. The van der Waals surface area contributed by atoms with Crippen LogP contribution in [-0.4, -0.2) is 17.2 Å². The SMILES string of the molecule is COc1ccc(C(C)O)c(OCc2cccc(C)n2)c1. The fourth-order valence-electron chi connectivity index (χ4n) is 1.94. The molecule has 4 nitrogen and oxygen atoms in total. The van der Waals surface area contributed by atoms with Gasteiger partial charge < -0.3 is 14.6 Å². The number of pyridine rings is 1. The molecule has 0 aliphatic heterocycles. The summed E-state index contributed by atoms with van der Waals surface area (Å²) in [5.41, 5.74) is 2.54. The molecule has 0 radical (unpaired) electrons. The number of aliphatic hydroxyl groups excluding tert-OH is 1.